The molecule has 1 aromatic carbocycles. The van der Waals surface area contributed by atoms with E-state index in [1.54, 1.807) is 18.4 Å². The van der Waals surface area contributed by atoms with Crippen molar-refractivity contribution in [1.29, 1.82) is 0 Å². The van der Waals surface area contributed by atoms with E-state index in [4.69, 9.17) is 0 Å². The highest BCUT2D eigenvalue weighted by atomic mass is 32.1. The fraction of sp³-hybridized carbons (Fsp3) is 0.316. The van der Waals surface area contributed by atoms with E-state index in [2.05, 4.69) is 28.7 Å². The zero-order valence-corrected chi connectivity index (χ0v) is 14.8. The van der Waals surface area contributed by atoms with Crippen molar-refractivity contribution in [3.8, 4) is 0 Å². The molecule has 2 aromatic rings. The molecule has 128 valence electrons. The molecule has 0 radical (unpaired) electrons. The van der Waals surface area contributed by atoms with Crippen molar-refractivity contribution < 1.29 is 9.59 Å². The Hall–Kier alpha value is -2.47. The fourth-order valence-corrected chi connectivity index (χ4v) is 4.42. The van der Waals surface area contributed by atoms with Crippen LogP contribution in [-0.2, 0) is 16.0 Å². The van der Waals surface area contributed by atoms with Gasteiger partial charge in [0.1, 0.15) is 5.71 Å². The number of hydrazone groups is 1. The summed E-state index contributed by atoms with van der Waals surface area (Å²) < 4.78 is 0. The normalized spacial score (nSPS) is 20.3. The number of fused-ring (bicyclic) bond motifs is 1. The van der Waals surface area contributed by atoms with E-state index in [1.165, 1.54) is 15.4 Å². The van der Waals surface area contributed by atoms with Crippen molar-refractivity contribution in [3.05, 3.63) is 57.8 Å². The molecule has 1 aromatic heterocycles. The second-order valence-electron chi connectivity index (χ2n) is 6.32. The predicted octanol–water partition coefficient (Wildman–Crippen LogP) is 2.83. The van der Waals surface area contributed by atoms with Gasteiger partial charge in [-0.3, -0.25) is 9.59 Å². The van der Waals surface area contributed by atoms with E-state index < -0.39 is 0 Å². The summed E-state index contributed by atoms with van der Waals surface area (Å²) in [5.41, 5.74) is 2.79. The van der Waals surface area contributed by atoms with Gasteiger partial charge in [-0.15, -0.1) is 11.3 Å². The van der Waals surface area contributed by atoms with Gasteiger partial charge in [0.2, 0.25) is 5.91 Å². The minimum atomic E-state index is -0.0886. The Kier molecular flexibility index (Phi) is 4.13. The van der Waals surface area contributed by atoms with Gasteiger partial charge < -0.3 is 4.90 Å². The number of benzene rings is 1. The standard InChI is InChI=1S/C19H19N3O2S/c1-21-17(23)8-7-15(20-21)19(24)22-11-9-16-14(10-12-25-16)18(22)13-5-3-2-4-6-13/h2-6,10,12,18H,7-9,11H2,1H3/t18-/m0/s1. The van der Waals surface area contributed by atoms with Crippen LogP contribution in [0.3, 0.4) is 0 Å². The lowest BCUT2D eigenvalue weighted by Gasteiger charge is -2.37. The summed E-state index contributed by atoms with van der Waals surface area (Å²) in [4.78, 5) is 28.1. The zero-order valence-electron chi connectivity index (χ0n) is 14.0. The quantitative estimate of drug-likeness (QED) is 0.834. The van der Waals surface area contributed by atoms with Crippen LogP contribution in [0.1, 0.15) is 34.9 Å². The van der Waals surface area contributed by atoms with Crippen LogP contribution >= 0.6 is 11.3 Å². The van der Waals surface area contributed by atoms with Gasteiger partial charge >= 0.3 is 0 Å². The highest BCUT2D eigenvalue weighted by molar-refractivity contribution is 7.10. The average Bonchev–Trinajstić information content (AvgIpc) is 3.12. The number of hydrogen-bond acceptors (Lipinski definition) is 4. The van der Waals surface area contributed by atoms with E-state index in [0.717, 1.165) is 12.0 Å². The van der Waals surface area contributed by atoms with Crippen molar-refractivity contribution in [2.75, 3.05) is 13.6 Å². The van der Waals surface area contributed by atoms with Crippen LogP contribution in [-0.4, -0.2) is 41.0 Å². The first-order valence-electron chi connectivity index (χ1n) is 8.41. The molecule has 5 nitrogen and oxygen atoms in total. The zero-order chi connectivity index (χ0) is 17.4. The molecule has 6 heteroatoms. The number of hydrogen-bond donors (Lipinski definition) is 0. The van der Waals surface area contributed by atoms with E-state index in [0.29, 0.717) is 25.1 Å². The van der Waals surface area contributed by atoms with Crippen LogP contribution in [0.5, 0.6) is 0 Å². The van der Waals surface area contributed by atoms with E-state index in [9.17, 15) is 9.59 Å². The van der Waals surface area contributed by atoms with Gasteiger partial charge in [-0.1, -0.05) is 30.3 Å². The Labute approximate surface area is 150 Å². The molecule has 0 saturated heterocycles. The molecule has 0 bridgehead atoms. The van der Waals surface area contributed by atoms with E-state index >= 15 is 0 Å². The molecule has 2 aliphatic heterocycles. The number of nitrogens with zero attached hydrogens (tertiary/aromatic N) is 3. The molecule has 0 saturated carbocycles. The maximum Gasteiger partial charge on any atom is 0.270 e. The predicted molar refractivity (Wildman–Crippen MR) is 97.5 cm³/mol. The van der Waals surface area contributed by atoms with E-state index in [-0.39, 0.29) is 17.9 Å². The SMILES string of the molecule is CN1N=C(C(=O)N2CCc3sccc3[C@@H]2c2ccccc2)CCC1=O. The Balaban J connectivity index is 1.72. The van der Waals surface area contributed by atoms with Crippen molar-refractivity contribution >= 4 is 28.9 Å². The average molecular weight is 353 g/mol. The Morgan fingerprint density at radius 2 is 1.96 bits per heavy atom. The first-order valence-corrected chi connectivity index (χ1v) is 9.29. The summed E-state index contributed by atoms with van der Waals surface area (Å²) in [7, 11) is 1.61. The summed E-state index contributed by atoms with van der Waals surface area (Å²) in [5, 5.41) is 7.60. The Morgan fingerprint density at radius 3 is 2.72 bits per heavy atom. The summed E-state index contributed by atoms with van der Waals surface area (Å²) in [6, 6.07) is 12.2. The molecule has 0 N–H and O–H groups in total. The lowest BCUT2D eigenvalue weighted by atomic mass is 9.92. The van der Waals surface area contributed by atoms with Crippen molar-refractivity contribution in [1.82, 2.24) is 9.91 Å². The van der Waals surface area contributed by atoms with Crippen molar-refractivity contribution in [3.63, 3.8) is 0 Å². The van der Waals surface area contributed by atoms with Gasteiger partial charge in [0, 0.05) is 31.3 Å². The van der Waals surface area contributed by atoms with Gasteiger partial charge in [0.25, 0.3) is 5.91 Å². The third-order valence-electron chi connectivity index (χ3n) is 4.80. The molecule has 2 amide bonds. The minimum Gasteiger partial charge on any atom is -0.326 e. The number of rotatable bonds is 2. The molecular weight excluding hydrogens is 334 g/mol. The largest absolute Gasteiger partial charge is 0.326 e. The third kappa shape index (κ3) is 2.87. The van der Waals surface area contributed by atoms with E-state index in [1.807, 2.05) is 23.1 Å². The molecule has 2 aliphatic rings. The van der Waals surface area contributed by atoms with Crippen LogP contribution < -0.4 is 0 Å². The smallest absolute Gasteiger partial charge is 0.270 e. The second kappa shape index (κ2) is 6.44. The van der Waals surface area contributed by atoms with Crippen LogP contribution in [0.15, 0.2) is 46.9 Å². The van der Waals surface area contributed by atoms with Gasteiger partial charge in [-0.2, -0.15) is 5.10 Å². The third-order valence-corrected chi connectivity index (χ3v) is 5.79. The second-order valence-corrected chi connectivity index (χ2v) is 7.33. The first kappa shape index (κ1) is 16.0. The van der Waals surface area contributed by atoms with Gasteiger partial charge in [-0.25, -0.2) is 5.01 Å². The number of thiophene rings is 1. The lowest BCUT2D eigenvalue weighted by molar-refractivity contribution is -0.131. The van der Waals surface area contributed by atoms with Crippen molar-refractivity contribution in [2.24, 2.45) is 5.10 Å². The van der Waals surface area contributed by atoms with Gasteiger partial charge in [0.05, 0.1) is 6.04 Å². The maximum absolute atomic E-state index is 13.2. The molecule has 1 atom stereocenters. The van der Waals surface area contributed by atoms with Crippen molar-refractivity contribution in [2.45, 2.75) is 25.3 Å². The molecular formula is C19H19N3O2S. The van der Waals surface area contributed by atoms with Crippen LogP contribution in [0.4, 0.5) is 0 Å². The van der Waals surface area contributed by atoms with Gasteiger partial charge in [-0.05, 0) is 29.0 Å². The molecule has 3 heterocycles. The summed E-state index contributed by atoms with van der Waals surface area (Å²) in [6.45, 7) is 0.669. The maximum atomic E-state index is 13.2. The summed E-state index contributed by atoms with van der Waals surface area (Å²) >= 11 is 1.75. The van der Waals surface area contributed by atoms with Gasteiger partial charge in [0.15, 0.2) is 0 Å². The topological polar surface area (TPSA) is 53.0 Å². The number of carbonyl (C=O) groups excluding carboxylic acids is 2. The molecule has 0 aliphatic carbocycles. The number of carbonyl (C=O) groups is 2. The lowest BCUT2D eigenvalue weighted by Crippen LogP contribution is -2.45. The number of amides is 2. The van der Waals surface area contributed by atoms with Crippen LogP contribution in [0.25, 0.3) is 0 Å². The Bertz CT molecular complexity index is 843. The van der Waals surface area contributed by atoms with Crippen LogP contribution in [0.2, 0.25) is 0 Å². The monoisotopic (exact) mass is 353 g/mol. The molecule has 0 spiro atoms. The Morgan fingerprint density at radius 1 is 1.16 bits per heavy atom. The molecule has 4 rings (SSSR count). The highest BCUT2D eigenvalue weighted by Gasteiger charge is 2.35. The van der Waals surface area contributed by atoms with Crippen LogP contribution in [0, 0.1) is 0 Å². The summed E-state index contributed by atoms with van der Waals surface area (Å²) in [5.74, 6) is -0.111. The molecule has 0 fully saturated rings. The fourth-order valence-electron chi connectivity index (χ4n) is 3.52. The minimum absolute atomic E-state index is 0.0464. The highest BCUT2D eigenvalue weighted by Crippen LogP contribution is 2.38. The molecule has 25 heavy (non-hydrogen) atoms. The first-order chi connectivity index (χ1) is 12.1. The summed E-state index contributed by atoms with van der Waals surface area (Å²) in [6.07, 6.45) is 1.62. The molecule has 0 unspecified atom stereocenters.